The Hall–Kier alpha value is -1.21. The molecule has 1 heterocycles. The van der Waals surface area contributed by atoms with Crippen LogP contribution in [0.25, 0.3) is 0 Å². The average Bonchev–Trinajstić information content (AvgIpc) is 2.56. The van der Waals surface area contributed by atoms with Crippen LogP contribution in [0.15, 0.2) is 64.0 Å². The number of nitrogens with zero attached hydrogens (tertiary/aromatic N) is 1. The maximum atomic E-state index is 12.8. The minimum atomic E-state index is -3.42. The molecule has 2 aromatic rings. The van der Waals surface area contributed by atoms with Crippen LogP contribution in [0.5, 0.6) is 0 Å². The van der Waals surface area contributed by atoms with Crippen molar-refractivity contribution >= 4 is 26.0 Å². The third kappa shape index (κ3) is 3.83. The normalized spacial score (nSPS) is 17.3. The number of hydrogen-bond acceptors (Lipinski definition) is 2. The molecule has 0 aliphatic carbocycles. The lowest BCUT2D eigenvalue weighted by Crippen LogP contribution is -3.13. The van der Waals surface area contributed by atoms with Gasteiger partial charge < -0.3 is 4.90 Å². The summed E-state index contributed by atoms with van der Waals surface area (Å²) in [6.07, 6.45) is 0. The first-order valence-corrected chi connectivity index (χ1v) is 9.93. The molecule has 23 heavy (non-hydrogen) atoms. The van der Waals surface area contributed by atoms with Crippen LogP contribution in [0.3, 0.4) is 0 Å². The maximum Gasteiger partial charge on any atom is 0.244 e. The van der Waals surface area contributed by atoms with Gasteiger partial charge in [-0.05, 0) is 28.1 Å². The van der Waals surface area contributed by atoms with Crippen molar-refractivity contribution in [2.45, 2.75) is 11.4 Å². The van der Waals surface area contributed by atoms with Gasteiger partial charge in [0.05, 0.1) is 31.1 Å². The van der Waals surface area contributed by atoms with Crippen LogP contribution >= 0.6 is 15.9 Å². The Kier molecular flexibility index (Phi) is 5.16. The molecule has 0 atom stereocenters. The van der Waals surface area contributed by atoms with Crippen molar-refractivity contribution < 1.29 is 13.3 Å². The number of nitrogens with one attached hydrogen (secondary N) is 1. The summed E-state index contributed by atoms with van der Waals surface area (Å²) in [5.41, 5.74) is 1.30. The number of piperazine rings is 1. The van der Waals surface area contributed by atoms with E-state index in [1.165, 1.54) is 10.5 Å². The quantitative estimate of drug-likeness (QED) is 0.852. The molecular weight excluding hydrogens is 376 g/mol. The van der Waals surface area contributed by atoms with Gasteiger partial charge in [-0.2, -0.15) is 4.31 Å². The fourth-order valence-corrected chi connectivity index (χ4v) is 5.30. The predicted molar refractivity (Wildman–Crippen MR) is 93.7 cm³/mol. The Balaban J connectivity index is 1.66. The molecule has 0 spiro atoms. The first-order valence-electron chi connectivity index (χ1n) is 7.69. The van der Waals surface area contributed by atoms with Crippen molar-refractivity contribution in [3.8, 4) is 0 Å². The van der Waals surface area contributed by atoms with Crippen LogP contribution in [-0.2, 0) is 16.6 Å². The summed E-state index contributed by atoms with van der Waals surface area (Å²) in [6, 6.07) is 17.4. The second kappa shape index (κ2) is 7.13. The molecule has 0 saturated carbocycles. The fourth-order valence-electron chi connectivity index (χ4n) is 2.90. The van der Waals surface area contributed by atoms with Crippen molar-refractivity contribution in [3.63, 3.8) is 0 Å². The summed E-state index contributed by atoms with van der Waals surface area (Å²) in [7, 11) is -3.42. The monoisotopic (exact) mass is 395 g/mol. The van der Waals surface area contributed by atoms with Gasteiger partial charge in [-0.1, -0.05) is 42.5 Å². The summed E-state index contributed by atoms with van der Waals surface area (Å²) >= 11 is 3.34. The van der Waals surface area contributed by atoms with E-state index in [2.05, 4.69) is 28.1 Å². The van der Waals surface area contributed by atoms with Gasteiger partial charge in [0.1, 0.15) is 6.54 Å². The van der Waals surface area contributed by atoms with E-state index in [0.717, 1.165) is 19.6 Å². The number of rotatable bonds is 4. The van der Waals surface area contributed by atoms with Crippen molar-refractivity contribution in [1.82, 2.24) is 4.31 Å². The average molecular weight is 396 g/mol. The summed E-state index contributed by atoms with van der Waals surface area (Å²) in [6.45, 7) is 3.73. The molecule has 0 amide bonds. The summed E-state index contributed by atoms with van der Waals surface area (Å²) < 4.78 is 27.7. The highest BCUT2D eigenvalue weighted by atomic mass is 79.9. The Bertz CT molecular complexity index is 757. The number of sulfonamides is 1. The van der Waals surface area contributed by atoms with E-state index in [1.54, 1.807) is 22.5 Å². The third-order valence-electron chi connectivity index (χ3n) is 4.18. The highest BCUT2D eigenvalue weighted by Gasteiger charge is 2.31. The van der Waals surface area contributed by atoms with Gasteiger partial charge >= 0.3 is 0 Å². The summed E-state index contributed by atoms with van der Waals surface area (Å²) in [4.78, 5) is 1.78. The Morgan fingerprint density at radius 3 is 2.22 bits per heavy atom. The largest absolute Gasteiger partial charge is 0.329 e. The van der Waals surface area contributed by atoms with E-state index < -0.39 is 10.0 Å². The molecule has 1 fully saturated rings. The molecule has 1 aliphatic rings. The van der Waals surface area contributed by atoms with Gasteiger partial charge in [0.2, 0.25) is 10.0 Å². The topological polar surface area (TPSA) is 41.8 Å². The lowest BCUT2D eigenvalue weighted by Gasteiger charge is -2.31. The second-order valence-electron chi connectivity index (χ2n) is 5.75. The molecule has 1 aliphatic heterocycles. The van der Waals surface area contributed by atoms with Crippen LogP contribution in [0.1, 0.15) is 5.56 Å². The van der Waals surface area contributed by atoms with Crippen LogP contribution in [0.4, 0.5) is 0 Å². The molecule has 1 saturated heterocycles. The van der Waals surface area contributed by atoms with E-state index in [1.807, 2.05) is 24.3 Å². The van der Waals surface area contributed by atoms with Crippen LogP contribution in [0, 0.1) is 0 Å². The minimum absolute atomic E-state index is 0.353. The van der Waals surface area contributed by atoms with Crippen LogP contribution in [-0.4, -0.2) is 38.9 Å². The smallest absolute Gasteiger partial charge is 0.244 e. The number of quaternary nitrogens is 1. The van der Waals surface area contributed by atoms with Crippen molar-refractivity contribution in [3.05, 3.63) is 64.6 Å². The molecule has 4 nitrogen and oxygen atoms in total. The van der Waals surface area contributed by atoms with Gasteiger partial charge in [-0.25, -0.2) is 8.42 Å². The zero-order valence-corrected chi connectivity index (χ0v) is 15.2. The Morgan fingerprint density at radius 1 is 0.957 bits per heavy atom. The maximum absolute atomic E-state index is 12.8. The van der Waals surface area contributed by atoms with E-state index in [-0.39, 0.29) is 0 Å². The fraction of sp³-hybridized carbons (Fsp3) is 0.294. The summed E-state index contributed by atoms with van der Waals surface area (Å²) in [5, 5.41) is 0. The summed E-state index contributed by atoms with van der Waals surface area (Å²) in [5.74, 6) is 0. The van der Waals surface area contributed by atoms with E-state index in [4.69, 9.17) is 0 Å². The van der Waals surface area contributed by atoms with Crippen LogP contribution < -0.4 is 4.90 Å². The highest BCUT2D eigenvalue weighted by Crippen LogP contribution is 2.24. The first-order chi connectivity index (χ1) is 11.1. The molecule has 0 radical (unpaired) electrons. The van der Waals surface area contributed by atoms with Crippen molar-refractivity contribution in [2.75, 3.05) is 26.2 Å². The number of halogens is 1. The van der Waals surface area contributed by atoms with Crippen LogP contribution in [0.2, 0.25) is 0 Å². The van der Waals surface area contributed by atoms with Gasteiger partial charge in [-0.3, -0.25) is 0 Å². The highest BCUT2D eigenvalue weighted by molar-refractivity contribution is 9.10. The molecule has 0 unspecified atom stereocenters. The third-order valence-corrected chi connectivity index (χ3v) is 7.09. The van der Waals surface area contributed by atoms with Gasteiger partial charge in [-0.15, -0.1) is 0 Å². The molecule has 1 N–H and O–H groups in total. The second-order valence-corrected chi connectivity index (χ2v) is 8.51. The zero-order chi connectivity index (χ0) is 16.3. The SMILES string of the molecule is O=S(=O)(c1ccccc1Br)N1CC[NH+](Cc2ccccc2)CC1. The Labute approximate surface area is 145 Å². The van der Waals surface area contributed by atoms with Gasteiger partial charge in [0.25, 0.3) is 0 Å². The lowest BCUT2D eigenvalue weighted by molar-refractivity contribution is -0.917. The Morgan fingerprint density at radius 2 is 1.57 bits per heavy atom. The number of benzene rings is 2. The first kappa shape index (κ1) is 16.6. The minimum Gasteiger partial charge on any atom is -0.329 e. The van der Waals surface area contributed by atoms with E-state index >= 15 is 0 Å². The molecule has 6 heteroatoms. The van der Waals surface area contributed by atoms with Crippen molar-refractivity contribution in [2.24, 2.45) is 0 Å². The zero-order valence-electron chi connectivity index (χ0n) is 12.8. The van der Waals surface area contributed by atoms with Gasteiger partial charge in [0.15, 0.2) is 0 Å². The standard InChI is InChI=1S/C17H19BrN2O2S/c18-16-8-4-5-9-17(16)23(21,22)20-12-10-19(11-13-20)14-15-6-2-1-3-7-15/h1-9H,10-14H2/p+1. The van der Waals surface area contributed by atoms with E-state index in [9.17, 15) is 8.42 Å². The molecule has 122 valence electrons. The lowest BCUT2D eigenvalue weighted by atomic mass is 10.2. The van der Waals surface area contributed by atoms with Gasteiger partial charge in [0, 0.05) is 10.0 Å². The predicted octanol–water partition coefficient (Wildman–Crippen LogP) is 1.54. The molecule has 2 aromatic carbocycles. The molecule has 0 bridgehead atoms. The molecule has 0 aromatic heterocycles. The van der Waals surface area contributed by atoms with E-state index in [0.29, 0.717) is 22.5 Å². The molecule has 3 rings (SSSR count). The van der Waals surface area contributed by atoms with Crippen molar-refractivity contribution in [1.29, 1.82) is 0 Å². The number of hydrogen-bond donors (Lipinski definition) is 1. The molecular formula is C17H20BrN2O2S+.